The monoisotopic (exact) mass is 267 g/mol. The third kappa shape index (κ3) is 1.44. The van der Waals surface area contributed by atoms with Crippen molar-refractivity contribution in [1.82, 2.24) is 4.90 Å². The van der Waals surface area contributed by atoms with E-state index >= 15 is 0 Å². The Morgan fingerprint density at radius 1 is 1.40 bits per heavy atom. The molecule has 15 heavy (non-hydrogen) atoms. The van der Waals surface area contributed by atoms with Gasteiger partial charge >= 0.3 is 6.09 Å². The topological polar surface area (TPSA) is 29.5 Å². The Hall–Kier alpha value is -1.03. The predicted molar refractivity (Wildman–Crippen MR) is 58.5 cm³/mol. The molecule has 1 saturated heterocycles. The van der Waals surface area contributed by atoms with Crippen LogP contribution in [0.15, 0.2) is 22.7 Å². The molecule has 0 aromatic heterocycles. The Balaban J connectivity index is 1.99. The Morgan fingerprint density at radius 3 is 3.13 bits per heavy atom. The summed E-state index contributed by atoms with van der Waals surface area (Å²) in [5, 5.41) is 0. The fourth-order valence-corrected chi connectivity index (χ4v) is 2.64. The molecule has 1 aromatic carbocycles. The number of carbonyl (C=O) groups is 1. The molecule has 1 unspecified atom stereocenters. The van der Waals surface area contributed by atoms with Crippen LogP contribution in [-0.2, 0) is 17.7 Å². The van der Waals surface area contributed by atoms with Crippen LogP contribution in [0.1, 0.15) is 11.1 Å². The zero-order chi connectivity index (χ0) is 10.4. The maximum Gasteiger partial charge on any atom is 0.410 e. The molecule has 0 radical (unpaired) electrons. The molecule has 3 rings (SSSR count). The summed E-state index contributed by atoms with van der Waals surface area (Å²) < 4.78 is 6.10. The number of nitrogens with zero attached hydrogens (tertiary/aromatic N) is 1. The summed E-state index contributed by atoms with van der Waals surface area (Å²) >= 11 is 3.44. The first kappa shape index (κ1) is 9.21. The van der Waals surface area contributed by atoms with Crippen LogP contribution in [0.4, 0.5) is 4.79 Å². The third-order valence-corrected chi connectivity index (χ3v) is 3.53. The van der Waals surface area contributed by atoms with Crippen LogP contribution in [0.3, 0.4) is 0 Å². The number of hydrogen-bond acceptors (Lipinski definition) is 2. The van der Waals surface area contributed by atoms with Crippen molar-refractivity contribution >= 4 is 22.0 Å². The van der Waals surface area contributed by atoms with Crippen molar-refractivity contribution in [3.8, 4) is 0 Å². The van der Waals surface area contributed by atoms with Gasteiger partial charge in [-0.25, -0.2) is 4.79 Å². The summed E-state index contributed by atoms with van der Waals surface area (Å²) in [6.45, 7) is 1.21. The largest absolute Gasteiger partial charge is 0.447 e. The molecule has 1 amide bonds. The number of cyclic esters (lactones) is 1. The van der Waals surface area contributed by atoms with Crippen molar-refractivity contribution in [3.63, 3.8) is 0 Å². The smallest absolute Gasteiger partial charge is 0.410 e. The summed E-state index contributed by atoms with van der Waals surface area (Å²) in [7, 11) is 0. The van der Waals surface area contributed by atoms with Gasteiger partial charge in [0, 0.05) is 11.0 Å². The molecular formula is C11H10BrNO2. The van der Waals surface area contributed by atoms with Crippen molar-refractivity contribution in [2.75, 3.05) is 6.61 Å². The molecule has 0 spiro atoms. The van der Waals surface area contributed by atoms with Crippen LogP contribution < -0.4 is 0 Å². The SMILES string of the molecule is O=C1OCC2Cc3ccc(Br)cc3CN12. The number of ether oxygens (including phenoxy) is 1. The molecule has 4 heteroatoms. The predicted octanol–water partition coefficient (Wildman–Crippen LogP) is 2.33. The molecule has 2 aliphatic heterocycles. The molecule has 78 valence electrons. The fraction of sp³-hybridized carbons (Fsp3) is 0.364. The standard InChI is InChI=1S/C11H10BrNO2/c12-9-2-1-7-4-10-6-15-11(14)13(10)5-8(7)3-9/h1-3,10H,4-6H2. The molecule has 2 heterocycles. The van der Waals surface area contributed by atoms with Gasteiger partial charge in [0.1, 0.15) is 6.61 Å². The van der Waals surface area contributed by atoms with Crippen LogP contribution in [0.2, 0.25) is 0 Å². The Kier molecular flexibility index (Phi) is 1.99. The second-order valence-corrected chi connectivity index (χ2v) is 4.89. The second kappa shape index (κ2) is 3.23. The van der Waals surface area contributed by atoms with E-state index in [4.69, 9.17) is 4.74 Å². The van der Waals surface area contributed by atoms with Crippen molar-refractivity contribution < 1.29 is 9.53 Å². The van der Waals surface area contributed by atoms with E-state index in [1.54, 1.807) is 0 Å². The first-order valence-electron chi connectivity index (χ1n) is 4.95. The lowest BCUT2D eigenvalue weighted by atomic mass is 9.95. The number of halogens is 1. The summed E-state index contributed by atoms with van der Waals surface area (Å²) in [6, 6.07) is 6.49. The first-order valence-corrected chi connectivity index (χ1v) is 5.74. The lowest BCUT2D eigenvalue weighted by Gasteiger charge is -2.28. The van der Waals surface area contributed by atoms with Gasteiger partial charge < -0.3 is 4.74 Å². The van der Waals surface area contributed by atoms with Gasteiger partial charge in [-0.05, 0) is 29.7 Å². The summed E-state index contributed by atoms with van der Waals surface area (Å²) in [6.07, 6.45) is 0.736. The zero-order valence-corrected chi connectivity index (χ0v) is 9.66. The average Bonchev–Trinajstić information content (AvgIpc) is 2.57. The van der Waals surface area contributed by atoms with Crippen molar-refractivity contribution in [2.45, 2.75) is 19.0 Å². The highest BCUT2D eigenvalue weighted by Gasteiger charge is 2.36. The molecule has 3 nitrogen and oxygen atoms in total. The van der Waals surface area contributed by atoms with E-state index in [0.717, 1.165) is 10.9 Å². The molecule has 1 aromatic rings. The van der Waals surface area contributed by atoms with Gasteiger partial charge in [-0.2, -0.15) is 0 Å². The molecule has 0 aliphatic carbocycles. The van der Waals surface area contributed by atoms with Crippen LogP contribution in [-0.4, -0.2) is 23.6 Å². The minimum absolute atomic E-state index is 0.175. The van der Waals surface area contributed by atoms with Crippen LogP contribution in [0, 0.1) is 0 Å². The highest BCUT2D eigenvalue weighted by Crippen LogP contribution is 2.29. The van der Waals surface area contributed by atoms with E-state index in [1.807, 2.05) is 11.0 Å². The highest BCUT2D eigenvalue weighted by molar-refractivity contribution is 9.10. The molecule has 0 bridgehead atoms. The first-order chi connectivity index (χ1) is 7.24. The highest BCUT2D eigenvalue weighted by atomic mass is 79.9. The van der Waals surface area contributed by atoms with Crippen molar-refractivity contribution in [2.24, 2.45) is 0 Å². The van der Waals surface area contributed by atoms with E-state index in [1.165, 1.54) is 11.1 Å². The number of benzene rings is 1. The van der Waals surface area contributed by atoms with E-state index in [2.05, 4.69) is 28.1 Å². The van der Waals surface area contributed by atoms with E-state index in [9.17, 15) is 4.79 Å². The molecule has 0 saturated carbocycles. The Morgan fingerprint density at radius 2 is 2.27 bits per heavy atom. The Bertz CT molecular complexity index is 433. The third-order valence-electron chi connectivity index (χ3n) is 3.04. The van der Waals surface area contributed by atoms with E-state index in [-0.39, 0.29) is 12.1 Å². The van der Waals surface area contributed by atoms with Gasteiger partial charge in [0.15, 0.2) is 0 Å². The average molecular weight is 268 g/mol. The number of rotatable bonds is 0. The summed E-state index contributed by atoms with van der Waals surface area (Å²) in [4.78, 5) is 13.2. The van der Waals surface area contributed by atoms with Gasteiger partial charge in [-0.1, -0.05) is 22.0 Å². The lowest BCUT2D eigenvalue weighted by molar-refractivity contribution is 0.155. The number of carbonyl (C=O) groups excluding carboxylic acids is 1. The molecule has 1 atom stereocenters. The van der Waals surface area contributed by atoms with Crippen LogP contribution in [0.25, 0.3) is 0 Å². The van der Waals surface area contributed by atoms with E-state index in [0.29, 0.717) is 13.2 Å². The minimum Gasteiger partial charge on any atom is -0.447 e. The minimum atomic E-state index is -0.175. The molecular weight excluding hydrogens is 258 g/mol. The van der Waals surface area contributed by atoms with Gasteiger partial charge in [0.25, 0.3) is 0 Å². The summed E-state index contributed by atoms with van der Waals surface area (Å²) in [5.74, 6) is 0. The van der Waals surface area contributed by atoms with Crippen molar-refractivity contribution in [3.05, 3.63) is 33.8 Å². The molecule has 2 aliphatic rings. The Labute approximate surface area is 96.1 Å². The quantitative estimate of drug-likeness (QED) is 0.722. The number of amides is 1. The molecule has 0 N–H and O–H groups in total. The van der Waals surface area contributed by atoms with Gasteiger partial charge in [0.05, 0.1) is 6.04 Å². The fourth-order valence-electron chi connectivity index (χ4n) is 2.23. The van der Waals surface area contributed by atoms with Gasteiger partial charge in [-0.15, -0.1) is 0 Å². The lowest BCUT2D eigenvalue weighted by Crippen LogP contribution is -2.38. The van der Waals surface area contributed by atoms with Gasteiger partial charge in [-0.3, -0.25) is 4.90 Å². The number of hydrogen-bond donors (Lipinski definition) is 0. The van der Waals surface area contributed by atoms with Gasteiger partial charge in [0.2, 0.25) is 0 Å². The number of fused-ring (bicyclic) bond motifs is 2. The zero-order valence-electron chi connectivity index (χ0n) is 8.07. The maximum absolute atomic E-state index is 11.4. The normalized spacial score (nSPS) is 23.4. The summed E-state index contributed by atoms with van der Waals surface area (Å²) in [5.41, 5.74) is 2.55. The second-order valence-electron chi connectivity index (χ2n) is 3.98. The molecule has 1 fully saturated rings. The van der Waals surface area contributed by atoms with E-state index < -0.39 is 0 Å². The maximum atomic E-state index is 11.4. The van der Waals surface area contributed by atoms with Crippen LogP contribution in [0.5, 0.6) is 0 Å². The van der Waals surface area contributed by atoms with Crippen molar-refractivity contribution in [1.29, 1.82) is 0 Å². The van der Waals surface area contributed by atoms with Crippen LogP contribution >= 0.6 is 15.9 Å².